The predicted molar refractivity (Wildman–Crippen MR) is 130 cm³/mol. The normalized spacial score (nSPS) is 13.2. The fourth-order valence-corrected chi connectivity index (χ4v) is 3.99. The van der Waals surface area contributed by atoms with Crippen LogP contribution in [0.15, 0.2) is 36.4 Å². The summed E-state index contributed by atoms with van der Waals surface area (Å²) in [5.41, 5.74) is 1.79. The summed E-state index contributed by atoms with van der Waals surface area (Å²) in [6, 6.07) is 10.4. The van der Waals surface area contributed by atoms with E-state index in [-0.39, 0.29) is 31.6 Å². The Bertz CT molecular complexity index is 996. The lowest BCUT2D eigenvalue weighted by molar-refractivity contribution is -0.141. The van der Waals surface area contributed by atoms with Crippen molar-refractivity contribution in [2.24, 2.45) is 5.92 Å². The first-order chi connectivity index (χ1) is 15.8. The molecule has 0 saturated heterocycles. The van der Waals surface area contributed by atoms with E-state index in [0.29, 0.717) is 46.8 Å². The number of benzene rings is 2. The number of carbonyl (C=O) groups is 2. The average molecular weight is 493 g/mol. The zero-order chi connectivity index (χ0) is 24.0. The van der Waals surface area contributed by atoms with Crippen LogP contribution in [-0.4, -0.2) is 36.1 Å². The highest BCUT2D eigenvalue weighted by atomic mass is 35.5. The molecular formula is C25H30Cl2N2O4. The molecule has 1 atom stereocenters. The predicted octanol–water partition coefficient (Wildman–Crippen LogP) is 5.23. The minimum absolute atomic E-state index is 0.106. The summed E-state index contributed by atoms with van der Waals surface area (Å²) < 4.78 is 10.8. The number of rotatable bonds is 10. The van der Waals surface area contributed by atoms with Crippen LogP contribution < -0.4 is 14.8 Å². The third-order valence-electron chi connectivity index (χ3n) is 5.47. The summed E-state index contributed by atoms with van der Waals surface area (Å²) >= 11 is 12.2. The summed E-state index contributed by atoms with van der Waals surface area (Å²) in [6.45, 7) is 7.01. The van der Waals surface area contributed by atoms with Gasteiger partial charge in [-0.3, -0.25) is 9.59 Å². The summed E-state index contributed by atoms with van der Waals surface area (Å²) in [4.78, 5) is 28.0. The van der Waals surface area contributed by atoms with Crippen molar-refractivity contribution in [2.45, 2.75) is 52.6 Å². The molecule has 0 saturated carbocycles. The van der Waals surface area contributed by atoms with Crippen molar-refractivity contribution in [1.29, 1.82) is 0 Å². The first kappa shape index (κ1) is 25.2. The highest BCUT2D eigenvalue weighted by Crippen LogP contribution is 2.33. The number of hydrogen-bond donors (Lipinski definition) is 1. The number of hydrogen-bond acceptors (Lipinski definition) is 4. The van der Waals surface area contributed by atoms with Crippen molar-refractivity contribution in [3.8, 4) is 11.5 Å². The molecule has 0 spiro atoms. The quantitative estimate of drug-likeness (QED) is 0.492. The van der Waals surface area contributed by atoms with Gasteiger partial charge in [0.2, 0.25) is 18.6 Å². The molecule has 1 unspecified atom stereocenters. The molecule has 0 aliphatic carbocycles. The van der Waals surface area contributed by atoms with E-state index in [0.717, 1.165) is 11.1 Å². The van der Waals surface area contributed by atoms with Gasteiger partial charge in [0.15, 0.2) is 11.5 Å². The SMILES string of the molecule is CCC(C(=O)NCC(C)C)N(Cc1ccc(Cl)c(Cl)c1)C(=O)CCc1ccc2c(c1)OCO2. The van der Waals surface area contributed by atoms with Gasteiger partial charge in [0.05, 0.1) is 10.0 Å². The van der Waals surface area contributed by atoms with Crippen LogP contribution >= 0.6 is 23.2 Å². The minimum Gasteiger partial charge on any atom is -0.454 e. The third kappa shape index (κ3) is 6.78. The summed E-state index contributed by atoms with van der Waals surface area (Å²) in [7, 11) is 0. The van der Waals surface area contributed by atoms with Crippen molar-refractivity contribution >= 4 is 35.0 Å². The van der Waals surface area contributed by atoms with E-state index in [1.54, 1.807) is 17.0 Å². The Hall–Kier alpha value is -2.44. The van der Waals surface area contributed by atoms with Crippen LogP contribution in [0.3, 0.4) is 0 Å². The van der Waals surface area contributed by atoms with Gasteiger partial charge < -0.3 is 19.7 Å². The molecule has 1 aliphatic rings. The molecule has 0 aromatic heterocycles. The maximum Gasteiger partial charge on any atom is 0.242 e. The second-order valence-electron chi connectivity index (χ2n) is 8.52. The van der Waals surface area contributed by atoms with Gasteiger partial charge in [0, 0.05) is 19.5 Å². The van der Waals surface area contributed by atoms with E-state index < -0.39 is 6.04 Å². The molecule has 2 aromatic rings. The second-order valence-corrected chi connectivity index (χ2v) is 9.34. The van der Waals surface area contributed by atoms with Crippen molar-refractivity contribution < 1.29 is 19.1 Å². The average Bonchev–Trinajstić information content (AvgIpc) is 3.26. The summed E-state index contributed by atoms with van der Waals surface area (Å²) in [5.74, 6) is 1.45. The largest absolute Gasteiger partial charge is 0.454 e. The highest BCUT2D eigenvalue weighted by Gasteiger charge is 2.28. The van der Waals surface area contributed by atoms with Gasteiger partial charge in [-0.05, 0) is 54.2 Å². The molecule has 3 rings (SSSR count). The molecule has 2 aromatic carbocycles. The Kier molecular flexibility index (Phi) is 8.87. The lowest BCUT2D eigenvalue weighted by Crippen LogP contribution is -2.49. The van der Waals surface area contributed by atoms with Crippen molar-refractivity contribution in [3.63, 3.8) is 0 Å². The molecule has 0 fully saturated rings. The Morgan fingerprint density at radius 2 is 1.76 bits per heavy atom. The van der Waals surface area contributed by atoms with Crippen LogP contribution in [0, 0.1) is 5.92 Å². The summed E-state index contributed by atoms with van der Waals surface area (Å²) in [5, 5.41) is 3.83. The van der Waals surface area contributed by atoms with E-state index in [2.05, 4.69) is 5.32 Å². The molecule has 33 heavy (non-hydrogen) atoms. The number of nitrogens with one attached hydrogen (secondary N) is 1. The van der Waals surface area contributed by atoms with Gasteiger partial charge in [-0.25, -0.2) is 0 Å². The van der Waals surface area contributed by atoms with Gasteiger partial charge in [-0.2, -0.15) is 0 Å². The molecule has 1 aliphatic heterocycles. The minimum atomic E-state index is -0.581. The fourth-order valence-electron chi connectivity index (χ4n) is 3.67. The van der Waals surface area contributed by atoms with Crippen LogP contribution in [0.4, 0.5) is 0 Å². The van der Waals surface area contributed by atoms with Crippen LogP contribution in [0.25, 0.3) is 0 Å². The monoisotopic (exact) mass is 492 g/mol. The third-order valence-corrected chi connectivity index (χ3v) is 6.21. The Morgan fingerprint density at radius 1 is 1.03 bits per heavy atom. The summed E-state index contributed by atoms with van der Waals surface area (Å²) in [6.07, 6.45) is 1.29. The lowest BCUT2D eigenvalue weighted by Gasteiger charge is -2.31. The molecule has 1 N–H and O–H groups in total. The zero-order valence-corrected chi connectivity index (χ0v) is 20.7. The van der Waals surface area contributed by atoms with Crippen molar-refractivity contribution in [2.75, 3.05) is 13.3 Å². The number of amides is 2. The number of ether oxygens (including phenoxy) is 2. The molecule has 8 heteroatoms. The highest BCUT2D eigenvalue weighted by molar-refractivity contribution is 6.42. The lowest BCUT2D eigenvalue weighted by atomic mass is 10.1. The van der Waals surface area contributed by atoms with Crippen molar-refractivity contribution in [1.82, 2.24) is 10.2 Å². The van der Waals surface area contributed by atoms with E-state index in [9.17, 15) is 9.59 Å². The van der Waals surface area contributed by atoms with E-state index in [1.807, 2.05) is 45.0 Å². The van der Waals surface area contributed by atoms with Gasteiger partial charge in [-0.15, -0.1) is 0 Å². The Balaban J connectivity index is 1.77. The van der Waals surface area contributed by atoms with Crippen LogP contribution in [0.5, 0.6) is 11.5 Å². The topological polar surface area (TPSA) is 67.9 Å². The van der Waals surface area contributed by atoms with Gasteiger partial charge in [0.1, 0.15) is 6.04 Å². The molecule has 6 nitrogen and oxygen atoms in total. The molecule has 0 bridgehead atoms. The second kappa shape index (κ2) is 11.6. The molecular weight excluding hydrogens is 463 g/mol. The van der Waals surface area contributed by atoms with E-state index >= 15 is 0 Å². The molecule has 1 heterocycles. The Morgan fingerprint density at radius 3 is 2.45 bits per heavy atom. The maximum atomic E-state index is 13.4. The van der Waals surface area contributed by atoms with E-state index in [4.69, 9.17) is 32.7 Å². The van der Waals surface area contributed by atoms with Crippen LogP contribution in [0.1, 0.15) is 44.7 Å². The molecule has 2 amide bonds. The maximum absolute atomic E-state index is 13.4. The first-order valence-corrected chi connectivity index (χ1v) is 11.9. The number of nitrogens with zero attached hydrogens (tertiary/aromatic N) is 1. The first-order valence-electron chi connectivity index (χ1n) is 11.2. The van der Waals surface area contributed by atoms with Gasteiger partial charge in [-0.1, -0.05) is 56.1 Å². The zero-order valence-electron chi connectivity index (χ0n) is 19.2. The molecule has 178 valence electrons. The number of fused-ring (bicyclic) bond motifs is 1. The number of halogens is 2. The van der Waals surface area contributed by atoms with Crippen LogP contribution in [-0.2, 0) is 22.6 Å². The van der Waals surface area contributed by atoms with Crippen LogP contribution in [0.2, 0.25) is 10.0 Å². The Labute approximate surface area is 205 Å². The molecule has 0 radical (unpaired) electrons. The van der Waals surface area contributed by atoms with Crippen molar-refractivity contribution in [3.05, 3.63) is 57.6 Å². The smallest absolute Gasteiger partial charge is 0.242 e. The van der Waals surface area contributed by atoms with Gasteiger partial charge in [0.25, 0.3) is 0 Å². The van der Waals surface area contributed by atoms with Gasteiger partial charge >= 0.3 is 0 Å². The van der Waals surface area contributed by atoms with E-state index in [1.165, 1.54) is 0 Å². The standard InChI is InChI=1S/C25H30Cl2N2O4/c1-4-21(25(31)28-13-16(2)3)29(14-18-5-8-19(26)20(27)11-18)24(30)10-7-17-6-9-22-23(12-17)33-15-32-22/h5-6,8-9,11-12,16,21H,4,7,10,13-15H2,1-3H3,(H,28,31). The fraction of sp³-hybridized carbons (Fsp3) is 0.440. The number of aryl methyl sites for hydroxylation is 1. The number of carbonyl (C=O) groups excluding carboxylic acids is 2.